The van der Waals surface area contributed by atoms with Crippen molar-refractivity contribution in [2.24, 2.45) is 10.8 Å². The largest absolute Gasteiger partial charge is 0.0885 e. The first-order chi connectivity index (χ1) is 6.12. The second kappa shape index (κ2) is 3.15. The van der Waals surface area contributed by atoms with Crippen LogP contribution in [0.4, 0.5) is 0 Å². The topological polar surface area (TPSA) is 0 Å². The van der Waals surface area contributed by atoms with Gasteiger partial charge in [0.2, 0.25) is 0 Å². The highest BCUT2D eigenvalue weighted by Gasteiger charge is 2.39. The Balaban J connectivity index is 2.09. The smallest absolute Gasteiger partial charge is 0.0255 e. The second-order valence-electron chi connectivity index (χ2n) is 5.91. The van der Waals surface area contributed by atoms with E-state index in [1.807, 2.05) is 0 Å². The van der Waals surface area contributed by atoms with E-state index in [0.29, 0.717) is 10.8 Å². The summed E-state index contributed by atoms with van der Waals surface area (Å²) >= 11 is 0. The minimum absolute atomic E-state index is 0.615. The van der Waals surface area contributed by atoms with Crippen molar-refractivity contribution in [3.63, 3.8) is 0 Å². The van der Waals surface area contributed by atoms with E-state index < -0.39 is 0 Å². The zero-order valence-electron chi connectivity index (χ0n) is 9.10. The van der Waals surface area contributed by atoms with Crippen molar-refractivity contribution in [3.05, 3.63) is 12.2 Å². The van der Waals surface area contributed by atoms with E-state index in [-0.39, 0.29) is 0 Å². The molecule has 0 nitrogen and oxygen atoms in total. The van der Waals surface area contributed by atoms with Crippen LogP contribution in [-0.4, -0.2) is 0 Å². The normalized spacial score (nSPS) is 38.0. The molecule has 0 N–H and O–H groups in total. The van der Waals surface area contributed by atoms with Gasteiger partial charge in [0.25, 0.3) is 0 Å². The lowest BCUT2D eigenvalue weighted by molar-refractivity contribution is 0.0740. The number of allylic oxidation sites excluding steroid dienone is 2. The molecule has 0 aromatic rings. The lowest BCUT2D eigenvalue weighted by Gasteiger charge is -2.46. The highest BCUT2D eigenvalue weighted by molar-refractivity contribution is 5.01. The summed E-state index contributed by atoms with van der Waals surface area (Å²) in [6, 6.07) is 0. The first-order valence-electron chi connectivity index (χ1n) is 5.77. The molecule has 1 saturated carbocycles. The van der Waals surface area contributed by atoms with Gasteiger partial charge in [-0.2, -0.15) is 0 Å². The minimum atomic E-state index is 0.615. The third-order valence-electron chi connectivity index (χ3n) is 3.97. The predicted molar refractivity (Wildman–Crippen MR) is 57.7 cm³/mol. The van der Waals surface area contributed by atoms with E-state index in [4.69, 9.17) is 0 Å². The Kier molecular flexibility index (Phi) is 2.25. The Labute approximate surface area is 82.4 Å². The lowest BCUT2D eigenvalue weighted by Crippen LogP contribution is -2.33. The molecular weight excluding hydrogens is 156 g/mol. The quantitative estimate of drug-likeness (QED) is 0.485. The minimum Gasteiger partial charge on any atom is -0.0885 e. The van der Waals surface area contributed by atoms with Gasteiger partial charge in [0.1, 0.15) is 0 Å². The van der Waals surface area contributed by atoms with Gasteiger partial charge in [-0.3, -0.25) is 0 Å². The molecule has 0 heteroatoms. The molecule has 74 valence electrons. The predicted octanol–water partition coefficient (Wildman–Crippen LogP) is 4.31. The SMILES string of the molecule is CC1(C)CCCC2(CC=CCC2)C1. The van der Waals surface area contributed by atoms with E-state index in [0.717, 1.165) is 0 Å². The van der Waals surface area contributed by atoms with E-state index in [9.17, 15) is 0 Å². The maximum atomic E-state index is 2.45. The number of hydrogen-bond acceptors (Lipinski definition) is 0. The van der Waals surface area contributed by atoms with Gasteiger partial charge in [-0.05, 0) is 49.4 Å². The fraction of sp³-hybridized carbons (Fsp3) is 0.846. The van der Waals surface area contributed by atoms with Crippen molar-refractivity contribution >= 4 is 0 Å². The summed E-state index contributed by atoms with van der Waals surface area (Å²) in [4.78, 5) is 0. The van der Waals surface area contributed by atoms with Crippen molar-refractivity contribution in [1.29, 1.82) is 0 Å². The standard InChI is InChI=1S/C13H22/c1-12(2)7-6-10-13(11-12)8-4-3-5-9-13/h3-4H,5-11H2,1-2H3. The van der Waals surface area contributed by atoms with Crippen LogP contribution in [0.1, 0.15) is 58.8 Å². The molecule has 2 aliphatic rings. The Hall–Kier alpha value is -0.260. The fourth-order valence-electron chi connectivity index (χ4n) is 3.46. The maximum absolute atomic E-state index is 2.45. The average molecular weight is 178 g/mol. The molecule has 2 aliphatic carbocycles. The van der Waals surface area contributed by atoms with Gasteiger partial charge in [0.15, 0.2) is 0 Å². The van der Waals surface area contributed by atoms with Gasteiger partial charge in [-0.15, -0.1) is 0 Å². The molecule has 0 aromatic heterocycles. The van der Waals surface area contributed by atoms with Crippen LogP contribution < -0.4 is 0 Å². The molecular formula is C13H22. The van der Waals surface area contributed by atoms with Crippen molar-refractivity contribution in [2.45, 2.75) is 58.8 Å². The van der Waals surface area contributed by atoms with Crippen LogP contribution in [0.3, 0.4) is 0 Å². The Bertz CT molecular complexity index is 212. The van der Waals surface area contributed by atoms with Crippen molar-refractivity contribution in [1.82, 2.24) is 0 Å². The summed E-state index contributed by atoms with van der Waals surface area (Å²) in [7, 11) is 0. The molecule has 13 heavy (non-hydrogen) atoms. The van der Waals surface area contributed by atoms with Crippen molar-refractivity contribution in [3.8, 4) is 0 Å². The van der Waals surface area contributed by atoms with Crippen LogP contribution in [-0.2, 0) is 0 Å². The van der Waals surface area contributed by atoms with Gasteiger partial charge in [-0.25, -0.2) is 0 Å². The van der Waals surface area contributed by atoms with Crippen LogP contribution in [0.25, 0.3) is 0 Å². The van der Waals surface area contributed by atoms with Gasteiger partial charge in [0.05, 0.1) is 0 Å². The fourth-order valence-corrected chi connectivity index (χ4v) is 3.46. The third kappa shape index (κ3) is 1.98. The summed E-state index contributed by atoms with van der Waals surface area (Å²) < 4.78 is 0. The molecule has 1 atom stereocenters. The molecule has 0 radical (unpaired) electrons. The maximum Gasteiger partial charge on any atom is -0.0255 e. The number of rotatable bonds is 0. The van der Waals surface area contributed by atoms with Crippen LogP contribution in [0.2, 0.25) is 0 Å². The molecule has 0 saturated heterocycles. The second-order valence-corrected chi connectivity index (χ2v) is 5.91. The Morgan fingerprint density at radius 2 is 1.85 bits per heavy atom. The summed E-state index contributed by atoms with van der Waals surface area (Å²) in [5.74, 6) is 0. The van der Waals surface area contributed by atoms with E-state index in [1.165, 1.54) is 44.9 Å². The third-order valence-corrected chi connectivity index (χ3v) is 3.97. The summed E-state index contributed by atoms with van der Waals surface area (Å²) in [6.45, 7) is 4.90. The molecule has 2 rings (SSSR count). The van der Waals surface area contributed by atoms with Crippen molar-refractivity contribution in [2.75, 3.05) is 0 Å². The Morgan fingerprint density at radius 3 is 2.46 bits per heavy atom. The molecule has 1 spiro atoms. The highest BCUT2D eigenvalue weighted by atomic mass is 14.4. The van der Waals surface area contributed by atoms with E-state index in [2.05, 4.69) is 26.0 Å². The first kappa shape index (κ1) is 9.30. The zero-order valence-corrected chi connectivity index (χ0v) is 9.10. The monoisotopic (exact) mass is 178 g/mol. The van der Waals surface area contributed by atoms with Crippen LogP contribution in [0.15, 0.2) is 12.2 Å². The van der Waals surface area contributed by atoms with Gasteiger partial charge < -0.3 is 0 Å². The molecule has 0 heterocycles. The summed E-state index contributed by atoms with van der Waals surface area (Å²) in [5, 5.41) is 0. The summed E-state index contributed by atoms with van der Waals surface area (Å²) in [5.41, 5.74) is 1.32. The Morgan fingerprint density at radius 1 is 1.00 bits per heavy atom. The summed E-state index contributed by atoms with van der Waals surface area (Å²) in [6.07, 6.45) is 14.8. The number of hydrogen-bond donors (Lipinski definition) is 0. The molecule has 0 bridgehead atoms. The molecule has 1 fully saturated rings. The van der Waals surface area contributed by atoms with Crippen LogP contribution >= 0.6 is 0 Å². The highest BCUT2D eigenvalue weighted by Crippen LogP contribution is 2.51. The van der Waals surface area contributed by atoms with Gasteiger partial charge in [-0.1, -0.05) is 32.4 Å². The first-order valence-corrected chi connectivity index (χ1v) is 5.77. The van der Waals surface area contributed by atoms with E-state index >= 15 is 0 Å². The van der Waals surface area contributed by atoms with E-state index in [1.54, 1.807) is 0 Å². The van der Waals surface area contributed by atoms with Gasteiger partial charge >= 0.3 is 0 Å². The molecule has 0 aliphatic heterocycles. The van der Waals surface area contributed by atoms with Crippen LogP contribution in [0.5, 0.6) is 0 Å². The van der Waals surface area contributed by atoms with Gasteiger partial charge in [0, 0.05) is 0 Å². The molecule has 0 aromatic carbocycles. The molecule has 1 unspecified atom stereocenters. The molecule has 0 amide bonds. The lowest BCUT2D eigenvalue weighted by atomic mass is 9.59. The van der Waals surface area contributed by atoms with Crippen molar-refractivity contribution < 1.29 is 0 Å². The average Bonchev–Trinajstić information content (AvgIpc) is 2.03. The van der Waals surface area contributed by atoms with Crippen LogP contribution in [0, 0.1) is 10.8 Å². The zero-order chi connectivity index (χ0) is 9.36.